The number of nitrogens with zero attached hydrogens (tertiary/aromatic N) is 4. The monoisotopic (exact) mass is 395 g/mol. The fourth-order valence-corrected chi connectivity index (χ4v) is 2.83. The highest BCUT2D eigenvalue weighted by molar-refractivity contribution is 6.58. The molecule has 0 aliphatic carbocycles. The van der Waals surface area contributed by atoms with Crippen molar-refractivity contribution in [2.24, 2.45) is 0 Å². The molecule has 0 spiro atoms. The molecule has 5 N–H and O–H groups in total. The van der Waals surface area contributed by atoms with E-state index in [0.717, 1.165) is 17.1 Å². The van der Waals surface area contributed by atoms with Crippen LogP contribution >= 0.6 is 0 Å². The van der Waals surface area contributed by atoms with E-state index < -0.39 is 12.9 Å². The van der Waals surface area contributed by atoms with Crippen molar-refractivity contribution in [3.63, 3.8) is 0 Å². The minimum atomic E-state index is -1.63. The molecule has 9 nitrogen and oxygen atoms in total. The van der Waals surface area contributed by atoms with Crippen molar-refractivity contribution >= 4 is 35.6 Å². The summed E-state index contributed by atoms with van der Waals surface area (Å²) in [6.45, 7) is -0.250. The molecule has 11 heteroatoms. The second-order valence-corrected chi connectivity index (χ2v) is 5.89. The molecule has 4 aromatic rings. The van der Waals surface area contributed by atoms with E-state index in [0.29, 0.717) is 27.9 Å². The normalized spacial score (nSPS) is 10.3. The summed E-state index contributed by atoms with van der Waals surface area (Å²) in [6, 6.07) is 10.2. The number of carboxylic acid groups (broad SMARTS) is 1. The van der Waals surface area contributed by atoms with Crippen LogP contribution in [0.4, 0.5) is 10.1 Å². The van der Waals surface area contributed by atoms with E-state index in [1.807, 2.05) is 12.1 Å². The number of benzene rings is 2. The highest BCUT2D eigenvalue weighted by atomic mass is 19.1. The average molecular weight is 395 g/mol. The molecule has 0 radical (unpaired) electrons. The topological polar surface area (TPSA) is 147 Å². The van der Waals surface area contributed by atoms with Crippen molar-refractivity contribution in [2.75, 3.05) is 5.73 Å². The van der Waals surface area contributed by atoms with Gasteiger partial charge in [0.05, 0.1) is 35.5 Å². The Kier molecular flexibility index (Phi) is 5.81. The maximum atomic E-state index is 13.4. The van der Waals surface area contributed by atoms with Crippen LogP contribution in [0.3, 0.4) is 0 Å². The van der Waals surface area contributed by atoms with Gasteiger partial charge < -0.3 is 20.9 Å². The van der Waals surface area contributed by atoms with Gasteiger partial charge in [-0.2, -0.15) is 15.3 Å². The van der Waals surface area contributed by atoms with Gasteiger partial charge in [-0.3, -0.25) is 4.79 Å². The van der Waals surface area contributed by atoms with E-state index in [1.165, 1.54) is 17.1 Å². The summed E-state index contributed by atoms with van der Waals surface area (Å²) in [5, 5.41) is 38.6. The van der Waals surface area contributed by atoms with Gasteiger partial charge in [-0.15, -0.1) is 0 Å². The van der Waals surface area contributed by atoms with Gasteiger partial charge in [-0.05, 0) is 29.2 Å². The summed E-state index contributed by atoms with van der Waals surface area (Å²) >= 11 is 0. The van der Waals surface area contributed by atoms with E-state index in [4.69, 9.17) is 15.6 Å². The number of carbonyl (C=O) groups is 1. The summed E-state index contributed by atoms with van der Waals surface area (Å²) in [7, 11) is -1.63. The molecule has 4 rings (SSSR count). The maximum absolute atomic E-state index is 13.4. The highest BCUT2D eigenvalue weighted by Gasteiger charge is 2.16. The molecular formula is C18H15BFN5O4. The Morgan fingerprint density at radius 3 is 2.55 bits per heavy atom. The van der Waals surface area contributed by atoms with Gasteiger partial charge in [0.2, 0.25) is 0 Å². The van der Waals surface area contributed by atoms with Crippen molar-refractivity contribution in [1.29, 1.82) is 0 Å². The number of aromatic nitrogens is 4. The van der Waals surface area contributed by atoms with Crippen LogP contribution in [0.15, 0.2) is 55.0 Å². The van der Waals surface area contributed by atoms with Gasteiger partial charge in [0.1, 0.15) is 0 Å². The van der Waals surface area contributed by atoms with Crippen LogP contribution in [0.1, 0.15) is 0 Å². The molecule has 0 saturated carbocycles. The lowest BCUT2D eigenvalue weighted by atomic mass is 9.78. The van der Waals surface area contributed by atoms with Crippen LogP contribution in [0.2, 0.25) is 0 Å². The lowest BCUT2D eigenvalue weighted by molar-refractivity contribution is -0.122. The van der Waals surface area contributed by atoms with Gasteiger partial charge in [0.25, 0.3) is 6.47 Å². The first-order valence-electron chi connectivity index (χ1n) is 8.24. The number of halogens is 1. The smallest absolute Gasteiger partial charge is 0.483 e. The predicted octanol–water partition coefficient (Wildman–Crippen LogP) is 0.584. The van der Waals surface area contributed by atoms with Crippen molar-refractivity contribution in [3.8, 4) is 16.8 Å². The Morgan fingerprint density at radius 1 is 1.14 bits per heavy atom. The number of nitrogen functional groups attached to an aromatic ring is 1. The largest absolute Gasteiger partial charge is 0.488 e. The van der Waals surface area contributed by atoms with Crippen LogP contribution in [-0.2, 0) is 4.79 Å². The highest BCUT2D eigenvalue weighted by Crippen LogP contribution is 2.29. The first kappa shape index (κ1) is 19.9. The van der Waals surface area contributed by atoms with E-state index in [2.05, 4.69) is 15.3 Å². The third-order valence-corrected chi connectivity index (χ3v) is 4.10. The molecule has 146 valence electrons. The van der Waals surface area contributed by atoms with Gasteiger partial charge in [0.15, 0.2) is 5.82 Å². The second kappa shape index (κ2) is 8.46. The first-order valence-corrected chi connectivity index (χ1v) is 8.24. The van der Waals surface area contributed by atoms with Crippen molar-refractivity contribution in [2.45, 2.75) is 0 Å². The standard InChI is InChI=1S/C17H13BFN5O2.CH2O2/c19-12-7-22-24(9-12)17-4-2-11(18(25)26)6-14(17)10-1-3-13-15(20)8-21-23-16(13)5-10;2-1-3/h1-9,25-26H,(H2,20,23);1H,(H,2,3). The lowest BCUT2D eigenvalue weighted by Gasteiger charge is -2.13. The number of fused-ring (bicyclic) bond motifs is 1. The summed E-state index contributed by atoms with van der Waals surface area (Å²) in [6.07, 6.45) is 3.82. The molecule has 0 atom stereocenters. The third kappa shape index (κ3) is 4.20. The molecule has 2 aromatic carbocycles. The molecule has 0 amide bonds. The Labute approximate surface area is 164 Å². The lowest BCUT2D eigenvalue weighted by Crippen LogP contribution is -2.30. The first-order chi connectivity index (χ1) is 13.9. The quantitative estimate of drug-likeness (QED) is 0.291. The Balaban J connectivity index is 0.000000755. The van der Waals surface area contributed by atoms with E-state index in [9.17, 15) is 14.4 Å². The van der Waals surface area contributed by atoms with Crippen molar-refractivity contribution in [3.05, 3.63) is 60.8 Å². The van der Waals surface area contributed by atoms with Crippen LogP contribution in [0, 0.1) is 5.82 Å². The molecule has 0 bridgehead atoms. The third-order valence-electron chi connectivity index (χ3n) is 4.10. The SMILES string of the molecule is Nc1cnnc2cc(-c3cc(B(O)O)ccc3-n3cc(F)cn3)ccc12.O=CO. The Hall–Kier alpha value is -3.83. The summed E-state index contributed by atoms with van der Waals surface area (Å²) < 4.78 is 14.8. The Bertz CT molecular complexity index is 1170. The van der Waals surface area contributed by atoms with Gasteiger partial charge in [0, 0.05) is 10.9 Å². The molecule has 0 unspecified atom stereocenters. The molecule has 2 heterocycles. The number of nitrogens with two attached hydrogens (primary N) is 1. The predicted molar refractivity (Wildman–Crippen MR) is 105 cm³/mol. The molecular weight excluding hydrogens is 380 g/mol. The number of rotatable bonds is 3. The average Bonchev–Trinajstić information content (AvgIpc) is 3.14. The van der Waals surface area contributed by atoms with Gasteiger partial charge in [-0.1, -0.05) is 18.2 Å². The van der Waals surface area contributed by atoms with Crippen LogP contribution in [0.25, 0.3) is 27.7 Å². The van der Waals surface area contributed by atoms with Crippen molar-refractivity contribution in [1.82, 2.24) is 20.0 Å². The van der Waals surface area contributed by atoms with E-state index >= 15 is 0 Å². The molecule has 0 aliphatic rings. The molecule has 0 aliphatic heterocycles. The minimum absolute atomic E-state index is 0.250. The number of hydrogen-bond donors (Lipinski definition) is 4. The molecule has 0 saturated heterocycles. The van der Waals surface area contributed by atoms with Gasteiger partial charge >= 0.3 is 7.12 Å². The zero-order chi connectivity index (χ0) is 21.0. The molecule has 2 aromatic heterocycles. The molecule has 29 heavy (non-hydrogen) atoms. The molecule has 0 fully saturated rings. The minimum Gasteiger partial charge on any atom is -0.483 e. The van der Waals surface area contributed by atoms with Gasteiger partial charge in [-0.25, -0.2) is 9.07 Å². The van der Waals surface area contributed by atoms with Crippen LogP contribution in [-0.4, -0.2) is 48.7 Å². The Morgan fingerprint density at radius 2 is 1.90 bits per heavy atom. The number of anilines is 1. The fraction of sp³-hybridized carbons (Fsp3) is 0. The van der Waals surface area contributed by atoms with Crippen LogP contribution in [0.5, 0.6) is 0 Å². The zero-order valence-electron chi connectivity index (χ0n) is 14.8. The summed E-state index contributed by atoms with van der Waals surface area (Å²) in [4.78, 5) is 8.36. The van der Waals surface area contributed by atoms with E-state index in [1.54, 1.807) is 24.3 Å². The summed E-state index contributed by atoms with van der Waals surface area (Å²) in [5.74, 6) is -0.473. The zero-order valence-corrected chi connectivity index (χ0v) is 14.8. The maximum Gasteiger partial charge on any atom is 0.488 e. The van der Waals surface area contributed by atoms with Crippen LogP contribution < -0.4 is 11.2 Å². The number of hydrogen-bond acceptors (Lipinski definition) is 7. The fourth-order valence-electron chi connectivity index (χ4n) is 2.83. The summed E-state index contributed by atoms with van der Waals surface area (Å²) in [5.41, 5.74) is 9.25. The van der Waals surface area contributed by atoms with E-state index in [-0.39, 0.29) is 6.47 Å². The van der Waals surface area contributed by atoms with Crippen molar-refractivity contribution < 1.29 is 24.3 Å². The second-order valence-electron chi connectivity index (χ2n) is 5.89.